The van der Waals surface area contributed by atoms with Gasteiger partial charge in [0, 0.05) is 20.3 Å². The predicted molar refractivity (Wildman–Crippen MR) is 68.1 cm³/mol. The Balaban J connectivity index is 2.26. The van der Waals surface area contributed by atoms with E-state index in [1.165, 1.54) is 0 Å². The third-order valence-electron chi connectivity index (χ3n) is 2.61. The Morgan fingerprint density at radius 2 is 2.18 bits per heavy atom. The smallest absolute Gasteiger partial charge is 0.152 e. The topological polar surface area (TPSA) is 73.7 Å². The van der Waals surface area contributed by atoms with E-state index in [9.17, 15) is 0 Å². The van der Waals surface area contributed by atoms with Gasteiger partial charge in [-0.15, -0.1) is 0 Å². The summed E-state index contributed by atoms with van der Waals surface area (Å²) < 4.78 is 3.51. The van der Waals surface area contributed by atoms with E-state index in [1.807, 2.05) is 20.3 Å². The van der Waals surface area contributed by atoms with Crippen LogP contribution in [0.1, 0.15) is 19.0 Å². The second-order valence-electron chi connectivity index (χ2n) is 4.11. The molecule has 2 aromatic rings. The summed E-state index contributed by atoms with van der Waals surface area (Å²) in [4.78, 5) is 0. The Labute approximate surface area is 100 Å². The number of aryl methyl sites for hydroxylation is 3. The Hall–Kier alpha value is -1.98. The zero-order chi connectivity index (χ0) is 12.4. The van der Waals surface area contributed by atoms with E-state index in [-0.39, 0.29) is 0 Å². The van der Waals surface area contributed by atoms with E-state index in [1.54, 1.807) is 15.6 Å². The van der Waals surface area contributed by atoms with Crippen LogP contribution in [0.5, 0.6) is 0 Å². The largest absolute Gasteiger partial charge is 0.394 e. The molecule has 0 bridgehead atoms. The fourth-order valence-electron chi connectivity index (χ4n) is 1.79. The fourth-order valence-corrected chi connectivity index (χ4v) is 1.79. The molecule has 0 fully saturated rings. The van der Waals surface area contributed by atoms with Gasteiger partial charge in [0.15, 0.2) is 5.82 Å². The van der Waals surface area contributed by atoms with Gasteiger partial charge in [0.05, 0.1) is 23.3 Å². The summed E-state index contributed by atoms with van der Waals surface area (Å²) in [6.07, 6.45) is 5.58. The zero-order valence-corrected chi connectivity index (χ0v) is 10.4. The monoisotopic (exact) mass is 234 g/mol. The van der Waals surface area contributed by atoms with Crippen LogP contribution in [0.25, 0.3) is 0 Å². The molecule has 0 radical (unpaired) electrons. The summed E-state index contributed by atoms with van der Waals surface area (Å²) in [5.41, 5.74) is 8.65. The van der Waals surface area contributed by atoms with Gasteiger partial charge in [-0.1, -0.05) is 13.3 Å². The zero-order valence-electron chi connectivity index (χ0n) is 10.4. The molecule has 2 rings (SSSR count). The maximum absolute atomic E-state index is 6.07. The molecule has 0 spiro atoms. The number of nitrogens with zero attached hydrogens (tertiary/aromatic N) is 4. The highest BCUT2D eigenvalue weighted by atomic mass is 15.3. The Morgan fingerprint density at radius 1 is 1.41 bits per heavy atom. The van der Waals surface area contributed by atoms with E-state index in [4.69, 9.17) is 5.73 Å². The van der Waals surface area contributed by atoms with E-state index in [0.29, 0.717) is 0 Å². The lowest BCUT2D eigenvalue weighted by atomic mass is 10.2. The molecule has 6 nitrogen and oxygen atoms in total. The Morgan fingerprint density at radius 3 is 2.76 bits per heavy atom. The molecular formula is C11H18N6. The van der Waals surface area contributed by atoms with Gasteiger partial charge in [0.1, 0.15) is 0 Å². The quantitative estimate of drug-likeness (QED) is 0.839. The minimum Gasteiger partial charge on any atom is -0.394 e. The first-order valence-electron chi connectivity index (χ1n) is 5.68. The van der Waals surface area contributed by atoms with Gasteiger partial charge in [0.2, 0.25) is 0 Å². The molecule has 2 aromatic heterocycles. The van der Waals surface area contributed by atoms with Crippen LogP contribution in [0, 0.1) is 0 Å². The second kappa shape index (κ2) is 4.48. The molecule has 2 heterocycles. The molecule has 0 amide bonds. The lowest BCUT2D eigenvalue weighted by Gasteiger charge is -2.04. The van der Waals surface area contributed by atoms with Gasteiger partial charge in [-0.2, -0.15) is 10.2 Å². The summed E-state index contributed by atoms with van der Waals surface area (Å²) in [7, 11) is 3.76. The molecule has 0 aliphatic heterocycles. The number of nitrogens with one attached hydrogen (secondary N) is 1. The highest BCUT2D eigenvalue weighted by molar-refractivity contribution is 5.70. The van der Waals surface area contributed by atoms with E-state index in [0.717, 1.165) is 35.7 Å². The summed E-state index contributed by atoms with van der Waals surface area (Å²) in [6.45, 7) is 2.11. The third-order valence-corrected chi connectivity index (χ3v) is 2.61. The van der Waals surface area contributed by atoms with Gasteiger partial charge >= 0.3 is 0 Å². The highest BCUT2D eigenvalue weighted by Crippen LogP contribution is 2.26. The normalized spacial score (nSPS) is 10.8. The molecule has 17 heavy (non-hydrogen) atoms. The van der Waals surface area contributed by atoms with Crippen LogP contribution >= 0.6 is 0 Å². The van der Waals surface area contributed by atoms with Crippen LogP contribution in [0.3, 0.4) is 0 Å². The average Bonchev–Trinajstić information content (AvgIpc) is 2.79. The van der Waals surface area contributed by atoms with Crippen molar-refractivity contribution in [3.8, 4) is 0 Å². The molecule has 6 heteroatoms. The van der Waals surface area contributed by atoms with Crippen LogP contribution in [0.2, 0.25) is 0 Å². The SMILES string of the molecule is CCCc1nn(C)c(Nc2cnn(C)c2)c1N. The standard InChI is InChI=1S/C11H18N6/c1-4-5-9-10(12)11(17(3)15-9)14-8-6-13-16(2)7-8/h6-7,14H,4-5,12H2,1-3H3. The van der Waals surface area contributed by atoms with Gasteiger partial charge in [-0.3, -0.25) is 9.36 Å². The minimum absolute atomic E-state index is 0.721. The van der Waals surface area contributed by atoms with Crippen molar-refractivity contribution >= 4 is 17.2 Å². The average molecular weight is 234 g/mol. The van der Waals surface area contributed by atoms with Crippen molar-refractivity contribution in [3.63, 3.8) is 0 Å². The number of hydrogen-bond acceptors (Lipinski definition) is 4. The van der Waals surface area contributed by atoms with Crippen molar-refractivity contribution in [2.75, 3.05) is 11.1 Å². The third kappa shape index (κ3) is 2.25. The first-order valence-corrected chi connectivity index (χ1v) is 5.68. The number of hydrogen-bond donors (Lipinski definition) is 2. The first-order chi connectivity index (χ1) is 8.11. The van der Waals surface area contributed by atoms with Crippen molar-refractivity contribution in [1.29, 1.82) is 0 Å². The molecule has 0 unspecified atom stereocenters. The molecule has 0 saturated heterocycles. The van der Waals surface area contributed by atoms with Crippen molar-refractivity contribution in [2.45, 2.75) is 19.8 Å². The van der Waals surface area contributed by atoms with Gasteiger partial charge in [0.25, 0.3) is 0 Å². The van der Waals surface area contributed by atoms with Crippen molar-refractivity contribution in [3.05, 3.63) is 18.1 Å². The van der Waals surface area contributed by atoms with Gasteiger partial charge in [-0.05, 0) is 6.42 Å². The number of anilines is 3. The molecule has 0 atom stereocenters. The van der Waals surface area contributed by atoms with Gasteiger partial charge < -0.3 is 11.1 Å². The fraction of sp³-hybridized carbons (Fsp3) is 0.455. The molecule has 92 valence electrons. The van der Waals surface area contributed by atoms with E-state index < -0.39 is 0 Å². The minimum atomic E-state index is 0.721. The Kier molecular flexibility index (Phi) is 3.03. The molecule has 0 aliphatic rings. The summed E-state index contributed by atoms with van der Waals surface area (Å²) in [5.74, 6) is 0.821. The van der Waals surface area contributed by atoms with Crippen LogP contribution in [0.4, 0.5) is 17.2 Å². The number of nitrogen functional groups attached to an aromatic ring is 1. The molecular weight excluding hydrogens is 216 g/mol. The molecule has 0 aliphatic carbocycles. The van der Waals surface area contributed by atoms with Crippen LogP contribution in [-0.4, -0.2) is 19.6 Å². The van der Waals surface area contributed by atoms with Crippen LogP contribution < -0.4 is 11.1 Å². The lowest BCUT2D eigenvalue weighted by Crippen LogP contribution is -2.00. The predicted octanol–water partition coefficient (Wildman–Crippen LogP) is 1.43. The summed E-state index contributed by atoms with van der Waals surface area (Å²) in [6, 6.07) is 0. The van der Waals surface area contributed by atoms with Crippen molar-refractivity contribution < 1.29 is 0 Å². The summed E-state index contributed by atoms with van der Waals surface area (Å²) in [5, 5.41) is 11.7. The number of rotatable bonds is 4. The Bertz CT molecular complexity index is 510. The number of aromatic nitrogens is 4. The first kappa shape index (κ1) is 11.5. The number of nitrogens with two attached hydrogens (primary N) is 1. The molecule has 0 saturated carbocycles. The molecule has 0 aromatic carbocycles. The van der Waals surface area contributed by atoms with Crippen molar-refractivity contribution in [1.82, 2.24) is 19.6 Å². The maximum atomic E-state index is 6.07. The van der Waals surface area contributed by atoms with Gasteiger partial charge in [-0.25, -0.2) is 0 Å². The van der Waals surface area contributed by atoms with E-state index in [2.05, 4.69) is 22.4 Å². The van der Waals surface area contributed by atoms with Crippen molar-refractivity contribution in [2.24, 2.45) is 14.1 Å². The van der Waals surface area contributed by atoms with Crippen LogP contribution in [-0.2, 0) is 20.5 Å². The van der Waals surface area contributed by atoms with Crippen LogP contribution in [0.15, 0.2) is 12.4 Å². The highest BCUT2D eigenvalue weighted by Gasteiger charge is 2.12. The van der Waals surface area contributed by atoms with E-state index >= 15 is 0 Å². The summed E-state index contributed by atoms with van der Waals surface area (Å²) >= 11 is 0. The lowest BCUT2D eigenvalue weighted by molar-refractivity contribution is 0.739. The second-order valence-corrected chi connectivity index (χ2v) is 4.11. The maximum Gasteiger partial charge on any atom is 0.152 e. The molecule has 3 N–H and O–H groups in total.